The van der Waals surface area contributed by atoms with E-state index >= 15 is 0 Å². The second-order valence-corrected chi connectivity index (χ2v) is 6.97. The molecule has 0 fully saturated rings. The molecule has 0 aliphatic rings. The van der Waals surface area contributed by atoms with E-state index in [0.29, 0.717) is 17.8 Å². The van der Waals surface area contributed by atoms with Gasteiger partial charge in [0.05, 0.1) is 0 Å². The molecule has 2 heterocycles. The first-order valence-corrected chi connectivity index (χ1v) is 9.44. The summed E-state index contributed by atoms with van der Waals surface area (Å²) < 4.78 is 19.7. The number of carbonyl (C=O) groups is 1. The van der Waals surface area contributed by atoms with Crippen LogP contribution in [0.1, 0.15) is 17.5 Å². The summed E-state index contributed by atoms with van der Waals surface area (Å²) in [5, 5.41) is 6.95. The average molecular weight is 406 g/mol. The van der Waals surface area contributed by atoms with Crippen molar-refractivity contribution in [1.29, 1.82) is 0 Å². The lowest BCUT2D eigenvalue weighted by Gasteiger charge is -2.07. The van der Waals surface area contributed by atoms with Crippen LogP contribution in [0.2, 0.25) is 0 Å². The summed E-state index contributed by atoms with van der Waals surface area (Å²) in [6.07, 6.45) is 1.45. The van der Waals surface area contributed by atoms with Gasteiger partial charge in [-0.2, -0.15) is 0 Å². The largest absolute Gasteiger partial charge is 0.352 e. The number of aromatic nitrogens is 3. The van der Waals surface area contributed by atoms with Crippen molar-refractivity contribution in [2.45, 2.75) is 26.4 Å². The van der Waals surface area contributed by atoms with Gasteiger partial charge in [0.25, 0.3) is 11.3 Å². The van der Waals surface area contributed by atoms with Crippen LogP contribution in [-0.4, -0.2) is 20.6 Å². The van der Waals surface area contributed by atoms with E-state index in [1.807, 2.05) is 31.2 Å². The standard InChI is InChI=1S/C22H19FN4O3/c1-14-2-4-15(5-3-14)12-24-18(28)10-11-27-13-25-21-19(22(27)29)20(26-30-21)16-6-8-17(23)9-7-16/h2-9,13H,10-12H2,1H3,(H,24,28). The Bertz CT molecular complexity index is 1240. The zero-order valence-electron chi connectivity index (χ0n) is 16.3. The van der Waals surface area contributed by atoms with Crippen molar-refractivity contribution in [3.63, 3.8) is 0 Å². The molecule has 7 nitrogen and oxygen atoms in total. The number of carbonyl (C=O) groups excluding carboxylic acids is 1. The zero-order chi connectivity index (χ0) is 21.1. The van der Waals surface area contributed by atoms with Gasteiger partial charge in [-0.3, -0.25) is 14.2 Å². The molecule has 0 bridgehead atoms. The highest BCUT2D eigenvalue weighted by Gasteiger charge is 2.17. The molecule has 0 aliphatic heterocycles. The number of fused-ring (bicyclic) bond motifs is 1. The van der Waals surface area contributed by atoms with Crippen molar-refractivity contribution in [2.75, 3.05) is 0 Å². The van der Waals surface area contributed by atoms with Crippen LogP contribution < -0.4 is 10.9 Å². The maximum atomic E-state index is 13.2. The maximum absolute atomic E-state index is 13.2. The Hall–Kier alpha value is -3.81. The van der Waals surface area contributed by atoms with Crippen LogP contribution in [-0.2, 0) is 17.9 Å². The van der Waals surface area contributed by atoms with E-state index < -0.39 is 5.82 Å². The zero-order valence-corrected chi connectivity index (χ0v) is 16.3. The summed E-state index contributed by atoms with van der Waals surface area (Å²) in [4.78, 5) is 29.2. The van der Waals surface area contributed by atoms with E-state index in [0.717, 1.165) is 11.1 Å². The van der Waals surface area contributed by atoms with Gasteiger partial charge in [-0.15, -0.1) is 0 Å². The van der Waals surface area contributed by atoms with Crippen molar-refractivity contribution in [1.82, 2.24) is 20.0 Å². The van der Waals surface area contributed by atoms with E-state index in [1.165, 1.54) is 35.2 Å². The third kappa shape index (κ3) is 4.12. The Kier molecular flexibility index (Phi) is 5.38. The summed E-state index contributed by atoms with van der Waals surface area (Å²) in [5.74, 6) is -0.564. The first-order chi connectivity index (χ1) is 14.5. The SMILES string of the molecule is Cc1ccc(CNC(=O)CCn2cnc3onc(-c4ccc(F)cc4)c3c2=O)cc1. The topological polar surface area (TPSA) is 90.0 Å². The summed E-state index contributed by atoms with van der Waals surface area (Å²) in [6.45, 7) is 2.59. The number of benzene rings is 2. The van der Waals surface area contributed by atoms with Gasteiger partial charge in [-0.1, -0.05) is 35.0 Å². The molecule has 4 aromatic rings. The molecule has 0 saturated carbocycles. The Balaban J connectivity index is 1.48. The highest BCUT2D eigenvalue weighted by atomic mass is 19.1. The second-order valence-electron chi connectivity index (χ2n) is 6.97. The van der Waals surface area contributed by atoms with Crippen LogP contribution in [0.25, 0.3) is 22.4 Å². The molecular formula is C22H19FN4O3. The van der Waals surface area contributed by atoms with Crippen LogP contribution in [0.15, 0.2) is 64.2 Å². The van der Waals surface area contributed by atoms with Gasteiger partial charge >= 0.3 is 0 Å². The first kappa shape index (κ1) is 19.5. The van der Waals surface area contributed by atoms with E-state index in [4.69, 9.17) is 4.52 Å². The second kappa shape index (κ2) is 8.28. The summed E-state index contributed by atoms with van der Waals surface area (Å²) in [5.41, 5.74) is 2.72. The molecule has 0 saturated heterocycles. The number of nitrogens with zero attached hydrogens (tertiary/aromatic N) is 3. The minimum absolute atomic E-state index is 0.0967. The molecule has 1 N–H and O–H groups in total. The van der Waals surface area contributed by atoms with Gasteiger partial charge in [0.15, 0.2) is 0 Å². The fourth-order valence-corrected chi connectivity index (χ4v) is 3.06. The van der Waals surface area contributed by atoms with E-state index in [2.05, 4.69) is 15.5 Å². The predicted octanol–water partition coefficient (Wildman–Crippen LogP) is 3.21. The molecule has 0 unspecified atom stereocenters. The number of halogens is 1. The summed E-state index contributed by atoms with van der Waals surface area (Å²) in [7, 11) is 0. The number of rotatable bonds is 6. The third-order valence-electron chi connectivity index (χ3n) is 4.77. The normalized spacial score (nSPS) is 11.0. The Morgan fingerprint density at radius 2 is 1.87 bits per heavy atom. The molecule has 0 radical (unpaired) electrons. The van der Waals surface area contributed by atoms with Gasteiger partial charge in [-0.05, 0) is 36.8 Å². The Morgan fingerprint density at radius 3 is 2.60 bits per heavy atom. The van der Waals surface area contributed by atoms with Gasteiger partial charge in [0, 0.05) is 25.1 Å². The van der Waals surface area contributed by atoms with E-state index in [9.17, 15) is 14.0 Å². The molecular weight excluding hydrogens is 387 g/mol. The highest BCUT2D eigenvalue weighted by Crippen LogP contribution is 2.24. The third-order valence-corrected chi connectivity index (χ3v) is 4.77. The van der Waals surface area contributed by atoms with Crippen LogP contribution in [0.5, 0.6) is 0 Å². The predicted molar refractivity (Wildman–Crippen MR) is 109 cm³/mol. The van der Waals surface area contributed by atoms with E-state index in [-0.39, 0.29) is 35.5 Å². The lowest BCUT2D eigenvalue weighted by atomic mass is 10.1. The minimum Gasteiger partial charge on any atom is -0.352 e. The number of amides is 1. The van der Waals surface area contributed by atoms with Crippen molar-refractivity contribution in [3.8, 4) is 11.3 Å². The van der Waals surface area contributed by atoms with Gasteiger partial charge in [-0.25, -0.2) is 9.37 Å². The van der Waals surface area contributed by atoms with Crippen LogP contribution in [0.3, 0.4) is 0 Å². The van der Waals surface area contributed by atoms with E-state index in [1.54, 1.807) is 0 Å². The number of hydrogen-bond acceptors (Lipinski definition) is 5. The van der Waals surface area contributed by atoms with Crippen molar-refractivity contribution < 1.29 is 13.7 Å². The summed E-state index contributed by atoms with van der Waals surface area (Å²) in [6, 6.07) is 13.5. The molecule has 0 aliphatic carbocycles. The molecule has 0 atom stereocenters. The fraction of sp³-hybridized carbons (Fsp3) is 0.182. The van der Waals surface area contributed by atoms with Gasteiger partial charge in [0.2, 0.25) is 5.91 Å². The Morgan fingerprint density at radius 1 is 1.13 bits per heavy atom. The van der Waals surface area contributed by atoms with Crippen molar-refractivity contribution in [3.05, 3.63) is 82.2 Å². The van der Waals surface area contributed by atoms with Crippen LogP contribution >= 0.6 is 0 Å². The Labute approximate surface area is 171 Å². The quantitative estimate of drug-likeness (QED) is 0.531. The molecule has 0 spiro atoms. The number of nitrogens with one attached hydrogen (secondary N) is 1. The number of aryl methyl sites for hydroxylation is 2. The van der Waals surface area contributed by atoms with Crippen LogP contribution in [0.4, 0.5) is 4.39 Å². The minimum atomic E-state index is -0.390. The molecule has 2 aromatic heterocycles. The average Bonchev–Trinajstić information content (AvgIpc) is 3.18. The lowest BCUT2D eigenvalue weighted by molar-refractivity contribution is -0.121. The van der Waals surface area contributed by atoms with Gasteiger partial charge < -0.3 is 9.84 Å². The number of hydrogen-bond donors (Lipinski definition) is 1. The molecule has 1 amide bonds. The van der Waals surface area contributed by atoms with Gasteiger partial charge in [0.1, 0.15) is 23.2 Å². The molecule has 30 heavy (non-hydrogen) atoms. The molecule has 2 aromatic carbocycles. The molecule has 8 heteroatoms. The first-order valence-electron chi connectivity index (χ1n) is 9.44. The fourth-order valence-electron chi connectivity index (χ4n) is 3.06. The maximum Gasteiger partial charge on any atom is 0.266 e. The summed E-state index contributed by atoms with van der Waals surface area (Å²) >= 11 is 0. The molecule has 4 rings (SSSR count). The van der Waals surface area contributed by atoms with Crippen molar-refractivity contribution in [2.24, 2.45) is 0 Å². The smallest absolute Gasteiger partial charge is 0.266 e. The molecule has 152 valence electrons. The van der Waals surface area contributed by atoms with Crippen molar-refractivity contribution >= 4 is 17.0 Å². The lowest BCUT2D eigenvalue weighted by Crippen LogP contribution is -2.27. The highest BCUT2D eigenvalue weighted by molar-refractivity contribution is 5.88. The van der Waals surface area contributed by atoms with Crippen LogP contribution in [0, 0.1) is 12.7 Å². The monoisotopic (exact) mass is 406 g/mol.